The number of ether oxygens (including phenoxy) is 3. The highest BCUT2D eigenvalue weighted by molar-refractivity contribution is 5.96. The van der Waals surface area contributed by atoms with Gasteiger partial charge in [-0.3, -0.25) is 14.5 Å². The molecular weight excluding hydrogens is 554 g/mol. The molecule has 44 heavy (non-hydrogen) atoms. The van der Waals surface area contributed by atoms with Gasteiger partial charge in [-0.1, -0.05) is 48.5 Å². The number of rotatable bonds is 9. The smallest absolute Gasteiger partial charge is 0.254 e. The van der Waals surface area contributed by atoms with Gasteiger partial charge in [-0.25, -0.2) is 0 Å². The van der Waals surface area contributed by atoms with Crippen LogP contribution in [0.2, 0.25) is 0 Å². The molecule has 2 amide bonds. The number of carbonyl (C=O) groups is 2. The molecule has 0 spiro atoms. The van der Waals surface area contributed by atoms with E-state index in [4.69, 9.17) is 19.9 Å². The van der Waals surface area contributed by atoms with Gasteiger partial charge in [0.2, 0.25) is 11.7 Å². The molecule has 2 aliphatic heterocycles. The van der Waals surface area contributed by atoms with Gasteiger partial charge in [0.05, 0.1) is 26.7 Å². The lowest BCUT2D eigenvalue weighted by Gasteiger charge is -2.49. The molecule has 2 fully saturated rings. The van der Waals surface area contributed by atoms with Crippen LogP contribution in [0.4, 0.5) is 0 Å². The summed E-state index contributed by atoms with van der Waals surface area (Å²) >= 11 is 0. The summed E-state index contributed by atoms with van der Waals surface area (Å²) in [7, 11) is 4.65. The van der Waals surface area contributed by atoms with Crippen molar-refractivity contribution >= 4 is 11.8 Å². The Kier molecular flexibility index (Phi) is 9.20. The first kappa shape index (κ1) is 31.4. The molecule has 0 aliphatic carbocycles. The van der Waals surface area contributed by atoms with Gasteiger partial charge in [-0.15, -0.1) is 0 Å². The van der Waals surface area contributed by atoms with E-state index < -0.39 is 5.41 Å². The monoisotopic (exact) mass is 599 g/mol. The fourth-order valence-corrected chi connectivity index (χ4v) is 7.29. The average molecular weight is 600 g/mol. The van der Waals surface area contributed by atoms with E-state index in [2.05, 4.69) is 43.9 Å². The van der Waals surface area contributed by atoms with Gasteiger partial charge in [0.15, 0.2) is 11.5 Å². The number of hydrogen-bond donors (Lipinski definition) is 1. The van der Waals surface area contributed by atoms with E-state index in [0.717, 1.165) is 24.1 Å². The molecule has 3 aromatic carbocycles. The van der Waals surface area contributed by atoms with Crippen LogP contribution in [0.25, 0.3) is 0 Å². The third kappa shape index (κ3) is 5.63. The molecule has 8 heteroatoms. The maximum absolute atomic E-state index is 13.6. The van der Waals surface area contributed by atoms with Crippen molar-refractivity contribution < 1.29 is 23.8 Å². The van der Waals surface area contributed by atoms with Gasteiger partial charge < -0.3 is 24.8 Å². The number of nitrogens with two attached hydrogens (primary N) is 1. The molecule has 0 bridgehead atoms. The second kappa shape index (κ2) is 12.9. The Balaban J connectivity index is 1.39. The summed E-state index contributed by atoms with van der Waals surface area (Å²) in [6, 6.07) is 20.2. The van der Waals surface area contributed by atoms with Crippen LogP contribution in [-0.2, 0) is 10.2 Å². The molecule has 2 N–H and O–H groups in total. The first-order valence-corrected chi connectivity index (χ1v) is 15.4. The molecule has 8 nitrogen and oxygen atoms in total. The summed E-state index contributed by atoms with van der Waals surface area (Å²) in [5, 5.41) is 0. The summed E-state index contributed by atoms with van der Waals surface area (Å²) in [6.45, 7) is 9.27. The maximum Gasteiger partial charge on any atom is 0.254 e. The summed E-state index contributed by atoms with van der Waals surface area (Å²) in [4.78, 5) is 31.5. The Morgan fingerprint density at radius 2 is 1.57 bits per heavy atom. The van der Waals surface area contributed by atoms with Crippen LogP contribution < -0.4 is 19.9 Å². The van der Waals surface area contributed by atoms with E-state index >= 15 is 0 Å². The number of hydrogen-bond acceptors (Lipinski definition) is 6. The van der Waals surface area contributed by atoms with E-state index in [1.165, 1.54) is 11.1 Å². The van der Waals surface area contributed by atoms with E-state index in [1.807, 2.05) is 35.2 Å². The normalized spacial score (nSPS) is 22.8. The van der Waals surface area contributed by atoms with E-state index in [-0.39, 0.29) is 23.8 Å². The van der Waals surface area contributed by atoms with Crippen molar-refractivity contribution in [3.63, 3.8) is 0 Å². The topological polar surface area (TPSA) is 94.3 Å². The van der Waals surface area contributed by atoms with Crippen molar-refractivity contribution in [2.75, 3.05) is 47.5 Å². The number of benzene rings is 3. The summed E-state index contributed by atoms with van der Waals surface area (Å²) in [6.07, 6.45) is 1.54. The molecule has 3 aromatic rings. The molecule has 0 saturated carbocycles. The van der Waals surface area contributed by atoms with Gasteiger partial charge in [0, 0.05) is 37.2 Å². The number of aryl methyl sites for hydroxylation is 2. The Labute approximate surface area is 261 Å². The maximum atomic E-state index is 13.6. The van der Waals surface area contributed by atoms with E-state index in [1.54, 1.807) is 33.5 Å². The number of methoxy groups -OCH3 is 3. The minimum Gasteiger partial charge on any atom is -0.493 e. The Bertz CT molecular complexity index is 1480. The van der Waals surface area contributed by atoms with Crippen molar-refractivity contribution in [2.24, 2.45) is 11.7 Å². The first-order valence-electron chi connectivity index (χ1n) is 15.4. The van der Waals surface area contributed by atoms with Crippen LogP contribution in [0.3, 0.4) is 0 Å². The average Bonchev–Trinajstić information content (AvgIpc) is 3.55. The molecule has 234 valence electrons. The van der Waals surface area contributed by atoms with Gasteiger partial charge in [0.25, 0.3) is 5.91 Å². The first-order chi connectivity index (χ1) is 21.1. The lowest BCUT2D eigenvalue weighted by molar-refractivity contribution is -0.126. The van der Waals surface area contributed by atoms with Crippen LogP contribution in [0.5, 0.6) is 17.2 Å². The van der Waals surface area contributed by atoms with Crippen molar-refractivity contribution in [3.8, 4) is 17.2 Å². The number of amides is 2. The van der Waals surface area contributed by atoms with Crippen molar-refractivity contribution in [1.29, 1.82) is 0 Å². The SMILES string of the molecule is COc1cc(C(=O)N2CCC(C(C)N3CCC(C(N)=O)(c4ccccc4)C(c4ccc(C)c(C)c4)C3)C2)cc(OC)c1OC. The van der Waals surface area contributed by atoms with Crippen LogP contribution in [0, 0.1) is 19.8 Å². The van der Waals surface area contributed by atoms with Crippen LogP contribution in [-0.4, -0.2) is 75.2 Å². The van der Waals surface area contributed by atoms with Gasteiger partial charge in [-0.05, 0) is 80.5 Å². The highest BCUT2D eigenvalue weighted by Gasteiger charge is 2.51. The zero-order chi connectivity index (χ0) is 31.6. The van der Waals surface area contributed by atoms with E-state index in [0.29, 0.717) is 54.8 Å². The molecule has 0 radical (unpaired) electrons. The predicted molar refractivity (Wildman–Crippen MR) is 172 cm³/mol. The molecule has 0 aromatic heterocycles. The fourth-order valence-electron chi connectivity index (χ4n) is 7.29. The van der Waals surface area contributed by atoms with Crippen molar-refractivity contribution in [3.05, 3.63) is 88.5 Å². The number of piperidine rings is 1. The summed E-state index contributed by atoms with van der Waals surface area (Å²) in [5.41, 5.74) is 10.6. The second-order valence-electron chi connectivity index (χ2n) is 12.3. The van der Waals surface area contributed by atoms with Crippen LogP contribution in [0.15, 0.2) is 60.7 Å². The van der Waals surface area contributed by atoms with Crippen LogP contribution >= 0.6 is 0 Å². The fraction of sp³-hybridized carbons (Fsp3) is 0.444. The minimum absolute atomic E-state index is 0.0533. The predicted octanol–water partition coefficient (Wildman–Crippen LogP) is 5.09. The summed E-state index contributed by atoms with van der Waals surface area (Å²) < 4.78 is 16.4. The molecule has 4 atom stereocenters. The largest absolute Gasteiger partial charge is 0.493 e. The second-order valence-corrected chi connectivity index (χ2v) is 12.3. The lowest BCUT2D eigenvalue weighted by atomic mass is 9.62. The van der Waals surface area contributed by atoms with Crippen molar-refractivity contribution in [1.82, 2.24) is 9.80 Å². The van der Waals surface area contributed by atoms with E-state index in [9.17, 15) is 9.59 Å². The molecule has 2 saturated heterocycles. The molecule has 2 heterocycles. The highest BCUT2D eigenvalue weighted by atomic mass is 16.5. The Morgan fingerprint density at radius 3 is 2.16 bits per heavy atom. The molecule has 2 aliphatic rings. The number of primary amides is 1. The zero-order valence-corrected chi connectivity index (χ0v) is 26.8. The standard InChI is InChI=1S/C36H45N3O5/c1-23-12-13-26(18-24(23)2)30-22-38(17-15-36(30,35(37)41)29-10-8-7-9-11-29)25(3)27-14-16-39(21-27)34(40)28-19-31(42-4)33(44-6)32(20-28)43-5/h7-13,18-20,25,27,30H,14-17,21-22H2,1-6H3,(H2,37,41). The van der Waals surface area contributed by atoms with Gasteiger partial charge >= 0.3 is 0 Å². The van der Waals surface area contributed by atoms with Gasteiger partial charge in [0.1, 0.15) is 0 Å². The third-order valence-corrected chi connectivity index (χ3v) is 10.1. The molecule has 5 rings (SSSR count). The third-order valence-electron chi connectivity index (χ3n) is 10.1. The van der Waals surface area contributed by atoms with Crippen molar-refractivity contribution in [2.45, 2.75) is 51.0 Å². The zero-order valence-electron chi connectivity index (χ0n) is 26.8. The highest BCUT2D eigenvalue weighted by Crippen LogP contribution is 2.47. The Hall–Kier alpha value is -4.04. The molecule has 4 unspecified atom stereocenters. The number of carbonyl (C=O) groups excluding carboxylic acids is 2. The quantitative estimate of drug-likeness (QED) is 0.368. The van der Waals surface area contributed by atoms with Gasteiger partial charge in [-0.2, -0.15) is 0 Å². The lowest BCUT2D eigenvalue weighted by Crippen LogP contribution is -2.57. The number of likely N-dealkylation sites (tertiary alicyclic amines) is 2. The Morgan fingerprint density at radius 1 is 0.886 bits per heavy atom. The van der Waals surface area contributed by atoms with Crippen LogP contribution in [0.1, 0.15) is 58.3 Å². The minimum atomic E-state index is -0.802. The molecular formula is C36H45N3O5. The summed E-state index contributed by atoms with van der Waals surface area (Å²) in [5.74, 6) is 1.24. The number of nitrogens with zero attached hydrogens (tertiary/aromatic N) is 2.